The van der Waals surface area contributed by atoms with Crippen LogP contribution in [0.15, 0.2) is 12.1 Å². The molecule has 1 aromatic rings. The molecule has 0 unspecified atom stereocenters. The van der Waals surface area contributed by atoms with Gasteiger partial charge in [-0.05, 0) is 37.3 Å². The first kappa shape index (κ1) is 16.7. The van der Waals surface area contributed by atoms with Gasteiger partial charge in [0.15, 0.2) is 0 Å². The van der Waals surface area contributed by atoms with Crippen LogP contribution < -0.4 is 10.6 Å². The summed E-state index contributed by atoms with van der Waals surface area (Å²) in [4.78, 5) is 12.3. The minimum atomic E-state index is -0.315. The van der Waals surface area contributed by atoms with Gasteiger partial charge in [0.2, 0.25) is 0 Å². The Balaban J connectivity index is 0.00000161. The van der Waals surface area contributed by atoms with Crippen LogP contribution in [0.2, 0.25) is 10.0 Å². The monoisotopic (exact) mass is 350 g/mol. The van der Waals surface area contributed by atoms with Crippen LogP contribution in [0.3, 0.4) is 0 Å². The fraction of sp³-hybridized carbons (Fsp3) is 0.500. The number of amides is 1. The Labute approximate surface area is 139 Å². The minimum Gasteiger partial charge on any atom is -0.506 e. The maximum atomic E-state index is 12.3. The van der Waals surface area contributed by atoms with E-state index < -0.39 is 0 Å². The SMILES string of the molecule is Cl.O=C(N[C@H]1C[C@H]2CC[C@@H]1CN2)c1cc(Cl)cc(Cl)c1O. The Morgan fingerprint density at radius 1 is 1.33 bits per heavy atom. The van der Waals surface area contributed by atoms with Gasteiger partial charge in [-0.25, -0.2) is 0 Å². The Bertz CT molecular complexity index is 545. The number of hydrogen-bond donors (Lipinski definition) is 3. The van der Waals surface area contributed by atoms with Crippen molar-refractivity contribution < 1.29 is 9.90 Å². The molecule has 1 saturated carbocycles. The highest BCUT2D eigenvalue weighted by molar-refractivity contribution is 6.36. The number of rotatable bonds is 2. The highest BCUT2D eigenvalue weighted by Crippen LogP contribution is 2.33. The highest BCUT2D eigenvalue weighted by Gasteiger charge is 2.36. The lowest BCUT2D eigenvalue weighted by molar-refractivity contribution is 0.0856. The van der Waals surface area contributed by atoms with Gasteiger partial charge in [0.05, 0.1) is 10.6 Å². The number of carbonyl (C=O) groups is 1. The molecule has 3 aliphatic rings. The average molecular weight is 352 g/mol. The Morgan fingerprint density at radius 3 is 2.67 bits per heavy atom. The van der Waals surface area contributed by atoms with Crippen molar-refractivity contribution in [3.8, 4) is 5.75 Å². The first-order valence-corrected chi connectivity index (χ1v) is 7.52. The summed E-state index contributed by atoms with van der Waals surface area (Å²) < 4.78 is 0. The molecule has 0 aromatic heterocycles. The lowest BCUT2D eigenvalue weighted by Crippen LogP contribution is -2.57. The van der Waals surface area contributed by atoms with E-state index in [0.717, 1.165) is 19.4 Å². The van der Waals surface area contributed by atoms with E-state index >= 15 is 0 Å². The van der Waals surface area contributed by atoms with Gasteiger partial charge in [-0.2, -0.15) is 0 Å². The Hall–Kier alpha value is -0.680. The molecule has 1 aromatic carbocycles. The number of phenolic OH excluding ortho intramolecular Hbond substituents is 1. The van der Waals surface area contributed by atoms with Gasteiger partial charge < -0.3 is 15.7 Å². The smallest absolute Gasteiger partial charge is 0.255 e. The predicted octanol–water partition coefficient (Wildman–Crippen LogP) is 2.99. The van der Waals surface area contributed by atoms with E-state index in [2.05, 4.69) is 10.6 Å². The van der Waals surface area contributed by atoms with Crippen LogP contribution in [-0.2, 0) is 0 Å². The van der Waals surface area contributed by atoms with Gasteiger partial charge in [-0.3, -0.25) is 4.79 Å². The molecule has 0 radical (unpaired) electrons. The fourth-order valence-corrected chi connectivity index (χ4v) is 3.64. The molecule has 1 amide bonds. The van der Waals surface area contributed by atoms with Crippen molar-refractivity contribution in [3.05, 3.63) is 27.7 Å². The molecule has 3 atom stereocenters. The van der Waals surface area contributed by atoms with Gasteiger partial charge in [0.25, 0.3) is 5.91 Å². The standard InChI is InChI=1S/C14H16Cl2N2O2.ClH/c15-8-3-10(13(19)11(16)4-8)14(20)18-12-5-9-2-1-7(12)6-17-9;/h3-4,7,9,12,17,19H,1-2,5-6H2,(H,18,20);1H/t7-,9-,12+;/m1./s1. The molecule has 4 rings (SSSR count). The highest BCUT2D eigenvalue weighted by atomic mass is 35.5. The molecule has 2 heterocycles. The maximum absolute atomic E-state index is 12.3. The fourth-order valence-electron chi connectivity index (χ4n) is 3.14. The zero-order chi connectivity index (χ0) is 14.3. The third-order valence-electron chi connectivity index (χ3n) is 4.25. The third kappa shape index (κ3) is 3.39. The molecule has 21 heavy (non-hydrogen) atoms. The van der Waals surface area contributed by atoms with Crippen LogP contribution in [0.4, 0.5) is 0 Å². The van der Waals surface area contributed by atoms with E-state index in [0.29, 0.717) is 17.0 Å². The second-order valence-electron chi connectivity index (χ2n) is 5.54. The number of carbonyl (C=O) groups excluding carboxylic acids is 1. The molecule has 2 bridgehead atoms. The zero-order valence-corrected chi connectivity index (χ0v) is 13.6. The molecule has 0 spiro atoms. The number of piperidine rings is 2. The normalized spacial score (nSPS) is 27.0. The summed E-state index contributed by atoms with van der Waals surface area (Å²) in [7, 11) is 0. The van der Waals surface area contributed by atoms with E-state index in [1.54, 1.807) is 0 Å². The van der Waals surface area contributed by atoms with Crippen molar-refractivity contribution in [1.82, 2.24) is 10.6 Å². The summed E-state index contributed by atoms with van der Waals surface area (Å²) in [6, 6.07) is 3.50. The zero-order valence-electron chi connectivity index (χ0n) is 11.2. The molecule has 2 saturated heterocycles. The summed E-state index contributed by atoms with van der Waals surface area (Å²) in [6.45, 7) is 0.942. The van der Waals surface area contributed by atoms with Gasteiger partial charge in [0, 0.05) is 23.7 Å². The molecular weight excluding hydrogens is 335 g/mol. The van der Waals surface area contributed by atoms with Crippen LogP contribution >= 0.6 is 35.6 Å². The predicted molar refractivity (Wildman–Crippen MR) is 85.8 cm³/mol. The summed E-state index contributed by atoms with van der Waals surface area (Å²) in [5, 5.41) is 16.8. The van der Waals surface area contributed by atoms with Crippen molar-refractivity contribution in [2.75, 3.05) is 6.54 Å². The molecule has 1 aliphatic carbocycles. The third-order valence-corrected chi connectivity index (χ3v) is 4.76. The van der Waals surface area contributed by atoms with E-state index in [9.17, 15) is 9.90 Å². The van der Waals surface area contributed by atoms with Gasteiger partial charge in [-0.1, -0.05) is 23.2 Å². The van der Waals surface area contributed by atoms with Crippen LogP contribution in [0, 0.1) is 5.92 Å². The van der Waals surface area contributed by atoms with E-state index in [1.165, 1.54) is 18.6 Å². The van der Waals surface area contributed by atoms with Gasteiger partial charge in [-0.15, -0.1) is 12.4 Å². The molecule has 7 heteroatoms. The lowest BCUT2D eigenvalue weighted by Gasteiger charge is -2.43. The first-order valence-electron chi connectivity index (χ1n) is 6.77. The largest absolute Gasteiger partial charge is 0.506 e. The van der Waals surface area contributed by atoms with Crippen molar-refractivity contribution in [2.24, 2.45) is 5.92 Å². The summed E-state index contributed by atoms with van der Waals surface area (Å²) in [5.74, 6) is -0.0714. The quantitative estimate of drug-likeness (QED) is 0.767. The van der Waals surface area contributed by atoms with Crippen molar-refractivity contribution in [2.45, 2.75) is 31.3 Å². The van der Waals surface area contributed by atoms with Crippen molar-refractivity contribution >= 4 is 41.5 Å². The lowest BCUT2D eigenvalue weighted by atomic mass is 9.77. The molecule has 2 aliphatic heterocycles. The first-order chi connectivity index (χ1) is 9.54. The van der Waals surface area contributed by atoms with Crippen LogP contribution in [-0.4, -0.2) is 29.6 Å². The maximum Gasteiger partial charge on any atom is 0.255 e. The molecular formula is C14H17Cl3N2O2. The van der Waals surface area contributed by atoms with E-state index in [1.807, 2.05) is 0 Å². The Kier molecular flexibility index (Phi) is 5.25. The molecule has 3 fully saturated rings. The number of halogens is 3. The van der Waals surface area contributed by atoms with Crippen LogP contribution in [0.1, 0.15) is 29.6 Å². The Morgan fingerprint density at radius 2 is 2.10 bits per heavy atom. The summed E-state index contributed by atoms with van der Waals surface area (Å²) in [5.41, 5.74) is 0.136. The average Bonchev–Trinajstić information content (AvgIpc) is 2.44. The van der Waals surface area contributed by atoms with Crippen LogP contribution in [0.5, 0.6) is 5.75 Å². The molecule has 3 N–H and O–H groups in total. The second kappa shape index (κ2) is 6.61. The minimum absolute atomic E-state index is 0. The second-order valence-corrected chi connectivity index (χ2v) is 6.39. The molecule has 116 valence electrons. The summed E-state index contributed by atoms with van der Waals surface area (Å²) in [6.07, 6.45) is 3.24. The number of aromatic hydroxyl groups is 1. The number of fused-ring (bicyclic) bond motifs is 3. The molecule has 4 nitrogen and oxygen atoms in total. The van der Waals surface area contributed by atoms with Gasteiger partial charge >= 0.3 is 0 Å². The number of benzene rings is 1. The van der Waals surface area contributed by atoms with E-state index in [4.69, 9.17) is 23.2 Å². The van der Waals surface area contributed by atoms with Crippen molar-refractivity contribution in [3.63, 3.8) is 0 Å². The number of phenols is 1. The van der Waals surface area contributed by atoms with Gasteiger partial charge in [0.1, 0.15) is 5.75 Å². The topological polar surface area (TPSA) is 61.4 Å². The van der Waals surface area contributed by atoms with Crippen molar-refractivity contribution in [1.29, 1.82) is 0 Å². The van der Waals surface area contributed by atoms with Crippen LogP contribution in [0.25, 0.3) is 0 Å². The number of nitrogens with one attached hydrogen (secondary N) is 2. The van der Waals surface area contributed by atoms with E-state index in [-0.39, 0.29) is 40.7 Å². The summed E-state index contributed by atoms with van der Waals surface area (Å²) >= 11 is 11.7. The number of hydrogen-bond acceptors (Lipinski definition) is 3.